The Morgan fingerprint density at radius 2 is 1.83 bits per heavy atom. The van der Waals surface area contributed by atoms with Gasteiger partial charge in [-0.3, -0.25) is 0 Å². The highest BCUT2D eigenvalue weighted by atomic mass is 79.9. The average Bonchev–Trinajstić information content (AvgIpc) is 2.57. The van der Waals surface area contributed by atoms with Gasteiger partial charge in [-0.25, -0.2) is 14.8 Å². The van der Waals surface area contributed by atoms with Crippen LogP contribution < -0.4 is 10.2 Å². The molecular formula is C15H15BrClN5O. The summed E-state index contributed by atoms with van der Waals surface area (Å²) in [6.07, 6.45) is 1.64. The normalized spacial score (nSPS) is 14.7. The molecule has 1 aromatic heterocycles. The SMILES string of the molecule is O=C(Nc1ccc(Br)cc1)N1CCN(c2ccnc(Cl)n2)CC1. The quantitative estimate of drug-likeness (QED) is 0.792. The molecule has 2 amide bonds. The lowest BCUT2D eigenvalue weighted by atomic mass is 10.3. The number of aromatic nitrogens is 2. The fourth-order valence-corrected chi connectivity index (χ4v) is 2.78. The minimum Gasteiger partial charge on any atom is -0.353 e. The van der Waals surface area contributed by atoms with E-state index in [1.807, 2.05) is 30.3 Å². The van der Waals surface area contributed by atoms with Gasteiger partial charge in [-0.1, -0.05) is 15.9 Å². The summed E-state index contributed by atoms with van der Waals surface area (Å²) >= 11 is 9.19. The fraction of sp³-hybridized carbons (Fsp3) is 0.267. The number of urea groups is 1. The van der Waals surface area contributed by atoms with E-state index < -0.39 is 0 Å². The van der Waals surface area contributed by atoms with Gasteiger partial charge < -0.3 is 15.1 Å². The first-order valence-electron chi connectivity index (χ1n) is 7.17. The number of nitrogens with one attached hydrogen (secondary N) is 1. The molecule has 6 nitrogen and oxygen atoms in total. The number of nitrogens with zero attached hydrogens (tertiary/aromatic N) is 4. The lowest BCUT2D eigenvalue weighted by Gasteiger charge is -2.35. The van der Waals surface area contributed by atoms with Crippen LogP contribution in [0.25, 0.3) is 0 Å². The van der Waals surface area contributed by atoms with Crippen molar-refractivity contribution in [1.29, 1.82) is 0 Å². The monoisotopic (exact) mass is 395 g/mol. The van der Waals surface area contributed by atoms with E-state index >= 15 is 0 Å². The molecule has 1 fully saturated rings. The first-order chi connectivity index (χ1) is 11.1. The number of amides is 2. The number of hydrogen-bond acceptors (Lipinski definition) is 4. The van der Waals surface area contributed by atoms with Crippen LogP contribution in [0.4, 0.5) is 16.3 Å². The van der Waals surface area contributed by atoms with E-state index in [1.165, 1.54) is 0 Å². The van der Waals surface area contributed by atoms with E-state index in [0.717, 1.165) is 16.0 Å². The van der Waals surface area contributed by atoms with Crippen molar-refractivity contribution < 1.29 is 4.79 Å². The number of benzene rings is 1. The smallest absolute Gasteiger partial charge is 0.321 e. The summed E-state index contributed by atoms with van der Waals surface area (Å²) in [5, 5.41) is 3.14. The minimum atomic E-state index is -0.0901. The van der Waals surface area contributed by atoms with Crippen LogP contribution in [0.5, 0.6) is 0 Å². The molecule has 1 saturated heterocycles. The average molecular weight is 397 g/mol. The van der Waals surface area contributed by atoms with Gasteiger partial charge in [0.1, 0.15) is 5.82 Å². The number of rotatable bonds is 2. The molecule has 23 heavy (non-hydrogen) atoms. The molecule has 0 radical (unpaired) electrons. The molecule has 0 aliphatic carbocycles. The highest BCUT2D eigenvalue weighted by molar-refractivity contribution is 9.10. The second-order valence-electron chi connectivity index (χ2n) is 5.10. The van der Waals surface area contributed by atoms with Crippen LogP contribution in [-0.2, 0) is 0 Å². The summed E-state index contributed by atoms with van der Waals surface area (Å²) in [5.74, 6) is 0.790. The lowest BCUT2D eigenvalue weighted by molar-refractivity contribution is 0.208. The van der Waals surface area contributed by atoms with Crippen molar-refractivity contribution in [2.45, 2.75) is 0 Å². The first-order valence-corrected chi connectivity index (χ1v) is 8.34. The van der Waals surface area contributed by atoms with E-state index in [9.17, 15) is 4.79 Å². The third-order valence-corrected chi connectivity index (χ3v) is 4.31. The van der Waals surface area contributed by atoms with Crippen molar-refractivity contribution in [3.8, 4) is 0 Å². The highest BCUT2D eigenvalue weighted by Gasteiger charge is 2.22. The van der Waals surface area contributed by atoms with Crippen LogP contribution in [0.15, 0.2) is 41.0 Å². The Labute approximate surface area is 147 Å². The Kier molecular flexibility index (Phi) is 4.97. The largest absolute Gasteiger partial charge is 0.353 e. The topological polar surface area (TPSA) is 61.4 Å². The van der Waals surface area contributed by atoms with E-state index in [2.05, 4.69) is 36.1 Å². The van der Waals surface area contributed by atoms with Crippen LogP contribution in [-0.4, -0.2) is 47.1 Å². The molecule has 1 aromatic carbocycles. The molecule has 3 rings (SSSR count). The maximum atomic E-state index is 12.3. The first kappa shape index (κ1) is 16.0. The molecule has 0 bridgehead atoms. The molecule has 2 heterocycles. The molecule has 1 aliphatic rings. The molecule has 0 atom stereocenters. The third-order valence-electron chi connectivity index (χ3n) is 3.60. The van der Waals surface area contributed by atoms with E-state index in [1.54, 1.807) is 11.1 Å². The van der Waals surface area contributed by atoms with Gasteiger partial charge in [-0.05, 0) is 41.9 Å². The zero-order valence-corrected chi connectivity index (χ0v) is 14.6. The van der Waals surface area contributed by atoms with Crippen molar-refractivity contribution in [3.05, 3.63) is 46.3 Å². The Hall–Kier alpha value is -1.86. The lowest BCUT2D eigenvalue weighted by Crippen LogP contribution is -2.50. The molecule has 1 aliphatic heterocycles. The maximum absolute atomic E-state index is 12.3. The van der Waals surface area contributed by atoms with Crippen molar-refractivity contribution >= 4 is 45.1 Å². The van der Waals surface area contributed by atoms with Gasteiger partial charge in [-0.2, -0.15) is 0 Å². The Bertz CT molecular complexity index is 689. The molecule has 2 aromatic rings. The molecule has 0 spiro atoms. The van der Waals surface area contributed by atoms with Gasteiger partial charge in [0.15, 0.2) is 0 Å². The second-order valence-corrected chi connectivity index (χ2v) is 6.35. The molecular weight excluding hydrogens is 382 g/mol. The summed E-state index contributed by atoms with van der Waals surface area (Å²) in [4.78, 5) is 24.3. The summed E-state index contributed by atoms with van der Waals surface area (Å²) < 4.78 is 0.979. The van der Waals surface area contributed by atoms with Gasteiger partial charge in [0.2, 0.25) is 5.28 Å². The van der Waals surface area contributed by atoms with Crippen molar-refractivity contribution in [2.75, 3.05) is 36.4 Å². The van der Waals surface area contributed by atoms with Crippen LogP contribution >= 0.6 is 27.5 Å². The van der Waals surface area contributed by atoms with E-state index in [0.29, 0.717) is 26.2 Å². The predicted octanol–water partition coefficient (Wildman–Crippen LogP) is 3.25. The third kappa shape index (κ3) is 4.11. The Morgan fingerprint density at radius 3 is 2.48 bits per heavy atom. The zero-order chi connectivity index (χ0) is 16.2. The molecule has 8 heteroatoms. The summed E-state index contributed by atoms with van der Waals surface area (Å²) in [6, 6.07) is 9.25. The zero-order valence-electron chi connectivity index (χ0n) is 12.2. The van der Waals surface area contributed by atoms with Gasteiger partial charge in [0.25, 0.3) is 0 Å². The van der Waals surface area contributed by atoms with Crippen molar-refractivity contribution in [3.63, 3.8) is 0 Å². The van der Waals surface area contributed by atoms with E-state index in [-0.39, 0.29) is 11.3 Å². The van der Waals surface area contributed by atoms with Gasteiger partial charge in [0.05, 0.1) is 0 Å². The summed E-state index contributed by atoms with van der Waals surface area (Å²) in [7, 11) is 0. The molecule has 120 valence electrons. The maximum Gasteiger partial charge on any atom is 0.321 e. The van der Waals surface area contributed by atoms with Crippen molar-refractivity contribution in [2.24, 2.45) is 0 Å². The van der Waals surface area contributed by atoms with Crippen molar-refractivity contribution in [1.82, 2.24) is 14.9 Å². The predicted molar refractivity (Wildman–Crippen MR) is 94.0 cm³/mol. The summed E-state index contributed by atoms with van der Waals surface area (Å²) in [6.45, 7) is 2.68. The highest BCUT2D eigenvalue weighted by Crippen LogP contribution is 2.17. The number of piperazine rings is 1. The number of carbonyl (C=O) groups excluding carboxylic acids is 1. The van der Waals surface area contributed by atoms with Crippen LogP contribution in [0.3, 0.4) is 0 Å². The minimum absolute atomic E-state index is 0.0901. The second kappa shape index (κ2) is 7.14. The number of halogens is 2. The van der Waals surface area contributed by atoms with Crippen LogP contribution in [0, 0.1) is 0 Å². The van der Waals surface area contributed by atoms with Crippen LogP contribution in [0.1, 0.15) is 0 Å². The Morgan fingerprint density at radius 1 is 1.13 bits per heavy atom. The molecule has 1 N–H and O–H groups in total. The van der Waals surface area contributed by atoms with Gasteiger partial charge in [-0.15, -0.1) is 0 Å². The Balaban J connectivity index is 1.56. The number of carbonyl (C=O) groups is 1. The van der Waals surface area contributed by atoms with Gasteiger partial charge >= 0.3 is 6.03 Å². The molecule has 0 saturated carbocycles. The van der Waals surface area contributed by atoms with E-state index in [4.69, 9.17) is 11.6 Å². The summed E-state index contributed by atoms with van der Waals surface area (Å²) in [5.41, 5.74) is 0.781. The standard InChI is InChI=1S/C15H15BrClN5O/c16-11-1-3-12(4-2-11)19-15(23)22-9-7-21(8-10-22)13-5-6-18-14(17)20-13/h1-6H,7-10H2,(H,19,23). The van der Waals surface area contributed by atoms with Crippen LogP contribution in [0.2, 0.25) is 5.28 Å². The number of hydrogen-bond donors (Lipinski definition) is 1. The molecule has 0 unspecified atom stereocenters. The fourth-order valence-electron chi connectivity index (χ4n) is 2.38. The van der Waals surface area contributed by atoms with Gasteiger partial charge in [0, 0.05) is 42.5 Å². The number of anilines is 2.